The van der Waals surface area contributed by atoms with E-state index >= 15 is 0 Å². The van der Waals surface area contributed by atoms with E-state index in [0.717, 1.165) is 6.26 Å². The largest absolute Gasteiger partial charge is 0.515 e. The fourth-order valence-corrected chi connectivity index (χ4v) is 0.501. The van der Waals surface area contributed by atoms with Crippen LogP contribution in [0.4, 0.5) is 0 Å². The lowest BCUT2D eigenvalue weighted by Gasteiger charge is -1.93. The molecule has 1 aromatic heterocycles. The van der Waals surface area contributed by atoms with Crippen LogP contribution < -0.4 is 0 Å². The fraction of sp³-hybridized carbons (Fsp3) is 0.167. The van der Waals surface area contributed by atoms with Crippen molar-refractivity contribution in [2.45, 2.75) is 6.92 Å². The zero-order valence-electron chi connectivity index (χ0n) is 5.52. The number of aliphatic hydroxyl groups excluding tert-OH is 1. The second kappa shape index (κ2) is 2.91. The summed E-state index contributed by atoms with van der Waals surface area (Å²) in [6.45, 7) is 1.72. The molecule has 0 bridgehead atoms. The molecule has 1 N–H and O–H groups in total. The number of rotatable bonds is 1. The first-order chi connectivity index (χ1) is 4.84. The summed E-state index contributed by atoms with van der Waals surface area (Å²) in [6.07, 6.45) is 3.74. The molecule has 10 heavy (non-hydrogen) atoms. The SMILES string of the molecule is CC(=CO)c1ncncn1. The summed E-state index contributed by atoms with van der Waals surface area (Å²) in [5.41, 5.74) is 0.627. The van der Waals surface area contributed by atoms with Crippen molar-refractivity contribution < 1.29 is 5.11 Å². The normalized spacial score (nSPS) is 11.5. The number of hydrogen-bond donors (Lipinski definition) is 1. The van der Waals surface area contributed by atoms with E-state index in [0.29, 0.717) is 11.4 Å². The molecule has 0 atom stereocenters. The highest BCUT2D eigenvalue weighted by Crippen LogP contribution is 2.02. The zero-order chi connectivity index (χ0) is 7.40. The molecule has 0 fully saturated rings. The van der Waals surface area contributed by atoms with Gasteiger partial charge in [0.15, 0.2) is 5.82 Å². The minimum Gasteiger partial charge on any atom is -0.515 e. The Hall–Kier alpha value is -1.45. The van der Waals surface area contributed by atoms with Gasteiger partial charge in [-0.2, -0.15) is 0 Å². The lowest BCUT2D eigenvalue weighted by molar-refractivity contribution is 0.475. The van der Waals surface area contributed by atoms with Crippen molar-refractivity contribution in [2.75, 3.05) is 0 Å². The minimum atomic E-state index is 0.498. The van der Waals surface area contributed by atoms with E-state index in [-0.39, 0.29) is 0 Å². The first-order valence-electron chi connectivity index (χ1n) is 2.78. The number of hydrogen-bond acceptors (Lipinski definition) is 4. The van der Waals surface area contributed by atoms with Crippen LogP contribution in [0.3, 0.4) is 0 Å². The summed E-state index contributed by atoms with van der Waals surface area (Å²) in [5.74, 6) is 0.498. The van der Waals surface area contributed by atoms with Crippen LogP contribution >= 0.6 is 0 Å². The molecule has 0 aliphatic heterocycles. The Kier molecular flexibility index (Phi) is 1.94. The highest BCUT2D eigenvalue weighted by molar-refractivity contribution is 5.54. The van der Waals surface area contributed by atoms with Crippen molar-refractivity contribution in [3.05, 3.63) is 24.7 Å². The van der Waals surface area contributed by atoms with Crippen LogP contribution in [-0.4, -0.2) is 20.1 Å². The highest BCUT2D eigenvalue weighted by Gasteiger charge is 1.94. The second-order valence-electron chi connectivity index (χ2n) is 1.77. The number of nitrogens with zero attached hydrogens (tertiary/aromatic N) is 3. The molecule has 0 unspecified atom stereocenters. The van der Waals surface area contributed by atoms with Crippen LogP contribution in [0.15, 0.2) is 18.9 Å². The maximum atomic E-state index is 8.53. The van der Waals surface area contributed by atoms with Gasteiger partial charge in [-0.1, -0.05) is 0 Å². The molecule has 1 rings (SSSR count). The van der Waals surface area contributed by atoms with E-state index in [1.54, 1.807) is 6.92 Å². The first-order valence-corrected chi connectivity index (χ1v) is 2.78. The molecular formula is C6H7N3O. The number of allylic oxidation sites excluding steroid dienone is 1. The van der Waals surface area contributed by atoms with Crippen molar-refractivity contribution >= 4 is 5.57 Å². The van der Waals surface area contributed by atoms with Gasteiger partial charge in [0, 0.05) is 5.57 Å². The lowest BCUT2D eigenvalue weighted by atomic mass is 10.3. The molecule has 1 heterocycles. The Morgan fingerprint density at radius 2 is 2.10 bits per heavy atom. The van der Waals surface area contributed by atoms with Crippen LogP contribution in [0, 0.1) is 0 Å². The molecular weight excluding hydrogens is 130 g/mol. The number of aromatic nitrogens is 3. The van der Waals surface area contributed by atoms with E-state index in [2.05, 4.69) is 15.0 Å². The third kappa shape index (κ3) is 1.28. The molecule has 52 valence electrons. The summed E-state index contributed by atoms with van der Waals surface area (Å²) in [6, 6.07) is 0. The molecule has 0 aliphatic rings. The van der Waals surface area contributed by atoms with Crippen molar-refractivity contribution in [1.82, 2.24) is 15.0 Å². The lowest BCUT2D eigenvalue weighted by Crippen LogP contribution is -1.90. The number of aliphatic hydroxyl groups is 1. The fourth-order valence-electron chi connectivity index (χ4n) is 0.501. The topological polar surface area (TPSA) is 58.9 Å². The Morgan fingerprint density at radius 3 is 2.60 bits per heavy atom. The van der Waals surface area contributed by atoms with Crippen LogP contribution in [0.25, 0.3) is 5.57 Å². The average molecular weight is 137 g/mol. The van der Waals surface area contributed by atoms with Gasteiger partial charge in [0.05, 0.1) is 6.26 Å². The molecule has 4 heteroatoms. The van der Waals surface area contributed by atoms with Gasteiger partial charge in [-0.25, -0.2) is 15.0 Å². The molecule has 0 saturated heterocycles. The Morgan fingerprint density at radius 1 is 1.50 bits per heavy atom. The Bertz CT molecular complexity index is 232. The predicted molar refractivity (Wildman–Crippen MR) is 36.1 cm³/mol. The van der Waals surface area contributed by atoms with Crippen molar-refractivity contribution in [3.63, 3.8) is 0 Å². The molecule has 0 amide bonds. The van der Waals surface area contributed by atoms with Gasteiger partial charge >= 0.3 is 0 Å². The molecule has 0 saturated carbocycles. The van der Waals surface area contributed by atoms with Crippen molar-refractivity contribution in [3.8, 4) is 0 Å². The smallest absolute Gasteiger partial charge is 0.161 e. The zero-order valence-corrected chi connectivity index (χ0v) is 5.52. The first kappa shape index (κ1) is 6.67. The van der Waals surface area contributed by atoms with Gasteiger partial charge in [0.2, 0.25) is 0 Å². The minimum absolute atomic E-state index is 0.498. The van der Waals surface area contributed by atoms with Crippen LogP contribution in [0.1, 0.15) is 12.7 Å². The molecule has 1 aromatic rings. The van der Waals surface area contributed by atoms with Gasteiger partial charge in [0.25, 0.3) is 0 Å². The van der Waals surface area contributed by atoms with Gasteiger partial charge in [0.1, 0.15) is 12.7 Å². The predicted octanol–water partition coefficient (Wildman–Crippen LogP) is 0.790. The quantitative estimate of drug-likeness (QED) is 0.581. The maximum absolute atomic E-state index is 8.53. The summed E-state index contributed by atoms with van der Waals surface area (Å²) in [4.78, 5) is 11.2. The monoisotopic (exact) mass is 137 g/mol. The van der Waals surface area contributed by atoms with Crippen LogP contribution in [0.5, 0.6) is 0 Å². The molecule has 0 spiro atoms. The maximum Gasteiger partial charge on any atom is 0.161 e. The third-order valence-electron chi connectivity index (χ3n) is 1.04. The van der Waals surface area contributed by atoms with E-state index in [9.17, 15) is 0 Å². The molecule has 0 aliphatic carbocycles. The van der Waals surface area contributed by atoms with Gasteiger partial charge in [-0.05, 0) is 6.92 Å². The standard InChI is InChI=1S/C6H7N3O/c1-5(2-10)6-8-3-7-4-9-6/h2-4,10H,1H3. The highest BCUT2D eigenvalue weighted by atomic mass is 16.2. The summed E-state index contributed by atoms with van der Waals surface area (Å²) in [5, 5.41) is 8.53. The third-order valence-corrected chi connectivity index (χ3v) is 1.04. The molecule has 0 aromatic carbocycles. The molecule has 0 radical (unpaired) electrons. The Balaban J connectivity index is 2.96. The van der Waals surface area contributed by atoms with Crippen molar-refractivity contribution in [2.24, 2.45) is 0 Å². The van der Waals surface area contributed by atoms with Crippen LogP contribution in [-0.2, 0) is 0 Å². The van der Waals surface area contributed by atoms with E-state index in [4.69, 9.17) is 5.11 Å². The Labute approximate surface area is 58.3 Å². The van der Waals surface area contributed by atoms with Gasteiger partial charge in [-0.3, -0.25) is 0 Å². The van der Waals surface area contributed by atoms with E-state index < -0.39 is 0 Å². The van der Waals surface area contributed by atoms with Crippen molar-refractivity contribution in [1.29, 1.82) is 0 Å². The van der Waals surface area contributed by atoms with E-state index in [1.807, 2.05) is 0 Å². The average Bonchev–Trinajstić information content (AvgIpc) is 2.05. The second-order valence-corrected chi connectivity index (χ2v) is 1.77. The van der Waals surface area contributed by atoms with Crippen LogP contribution in [0.2, 0.25) is 0 Å². The van der Waals surface area contributed by atoms with E-state index in [1.165, 1.54) is 12.7 Å². The summed E-state index contributed by atoms with van der Waals surface area (Å²) in [7, 11) is 0. The summed E-state index contributed by atoms with van der Waals surface area (Å²) < 4.78 is 0. The summed E-state index contributed by atoms with van der Waals surface area (Å²) >= 11 is 0. The molecule has 4 nitrogen and oxygen atoms in total. The van der Waals surface area contributed by atoms with Gasteiger partial charge in [-0.15, -0.1) is 0 Å². The van der Waals surface area contributed by atoms with Gasteiger partial charge < -0.3 is 5.11 Å².